The molecule has 0 radical (unpaired) electrons. The van der Waals surface area contributed by atoms with Gasteiger partial charge in [0.1, 0.15) is 0 Å². The maximum Gasteiger partial charge on any atom is 0.255 e. The molecule has 4 N–H and O–H groups in total. The third-order valence-electron chi connectivity index (χ3n) is 2.92. The van der Waals surface area contributed by atoms with E-state index in [4.69, 9.17) is 22.2 Å². The Bertz CT molecular complexity index is 471. The minimum absolute atomic E-state index is 0.144. The normalized spacial score (nSPS) is 19.3. The highest BCUT2D eigenvalue weighted by Crippen LogP contribution is 2.21. The van der Waals surface area contributed by atoms with Gasteiger partial charge in [0.25, 0.3) is 5.91 Å². The molecule has 1 saturated heterocycles. The molecule has 1 aromatic rings. The molecule has 19 heavy (non-hydrogen) atoms. The number of halogens is 1. The summed E-state index contributed by atoms with van der Waals surface area (Å²) in [5, 5.41) is 9.52. The molecule has 1 aliphatic heterocycles. The number of pyridine rings is 1. The Morgan fingerprint density at radius 1 is 1.74 bits per heavy atom. The molecule has 1 fully saturated rings. The van der Waals surface area contributed by atoms with Crippen molar-refractivity contribution in [3.63, 3.8) is 0 Å². The molecule has 8 heteroatoms. The van der Waals surface area contributed by atoms with Crippen molar-refractivity contribution in [3.05, 3.63) is 22.8 Å². The van der Waals surface area contributed by atoms with Gasteiger partial charge in [0.05, 0.1) is 36.4 Å². The number of anilines is 1. The highest BCUT2D eigenvalue weighted by atomic mass is 35.5. The minimum Gasteiger partial charge on any atom is -0.394 e. The molecule has 1 unspecified atom stereocenters. The average Bonchev–Trinajstić information content (AvgIpc) is 2.46. The van der Waals surface area contributed by atoms with Crippen molar-refractivity contribution >= 4 is 23.3 Å². The quantitative estimate of drug-likeness (QED) is 0.528. The zero-order valence-electron chi connectivity index (χ0n) is 10.2. The Morgan fingerprint density at radius 3 is 3.16 bits per heavy atom. The largest absolute Gasteiger partial charge is 0.394 e. The van der Waals surface area contributed by atoms with Gasteiger partial charge in [0, 0.05) is 12.7 Å². The minimum atomic E-state index is -0.340. The number of rotatable bonds is 3. The summed E-state index contributed by atoms with van der Waals surface area (Å²) in [4.78, 5) is 17.8. The first kappa shape index (κ1) is 14.0. The number of carbonyl (C=O) groups excluding carboxylic acids is 1. The summed E-state index contributed by atoms with van der Waals surface area (Å²) in [5.41, 5.74) is 2.68. The van der Waals surface area contributed by atoms with Gasteiger partial charge in [-0.3, -0.25) is 4.79 Å². The van der Waals surface area contributed by atoms with Crippen molar-refractivity contribution in [2.24, 2.45) is 5.84 Å². The number of aliphatic hydroxyl groups excluding tert-OH is 1. The van der Waals surface area contributed by atoms with E-state index in [2.05, 4.69) is 10.4 Å². The van der Waals surface area contributed by atoms with Crippen molar-refractivity contribution in [3.8, 4) is 0 Å². The Kier molecular flexibility index (Phi) is 4.54. The van der Waals surface area contributed by atoms with E-state index in [0.29, 0.717) is 31.1 Å². The summed E-state index contributed by atoms with van der Waals surface area (Å²) in [6.45, 7) is 1.06. The van der Waals surface area contributed by atoms with Crippen molar-refractivity contribution in [1.29, 1.82) is 0 Å². The predicted octanol–water partition coefficient (Wildman–Crippen LogP) is -0.146. The number of hydrogen-bond donors (Lipinski definition) is 3. The van der Waals surface area contributed by atoms with Crippen LogP contribution >= 0.6 is 11.6 Å². The fourth-order valence-corrected chi connectivity index (χ4v) is 2.12. The van der Waals surface area contributed by atoms with Gasteiger partial charge in [-0.1, -0.05) is 11.6 Å². The molecule has 0 aromatic carbocycles. The number of carbonyl (C=O) groups is 1. The molecular weight excluding hydrogens is 272 g/mol. The second-order valence-corrected chi connectivity index (χ2v) is 4.52. The average molecular weight is 287 g/mol. The van der Waals surface area contributed by atoms with Gasteiger partial charge in [-0.05, 0) is 6.07 Å². The standard InChI is InChI=1S/C11H15ClN4O3/c12-9-3-7(4-14-10(9)15-13)11(18)16-1-2-19-6-8(16)5-17/h3-4,8,17H,1-2,5-6,13H2,(H,14,15). The highest BCUT2D eigenvalue weighted by Gasteiger charge is 2.28. The van der Waals surface area contributed by atoms with Crippen LogP contribution in [0.2, 0.25) is 5.02 Å². The topological polar surface area (TPSA) is 101 Å². The number of aromatic nitrogens is 1. The number of nitrogens with two attached hydrogens (primary N) is 1. The summed E-state index contributed by atoms with van der Waals surface area (Å²) >= 11 is 5.93. The van der Waals surface area contributed by atoms with Crippen LogP contribution in [0.3, 0.4) is 0 Å². The van der Waals surface area contributed by atoms with Crippen molar-refractivity contribution in [2.75, 3.05) is 31.8 Å². The van der Waals surface area contributed by atoms with Gasteiger partial charge in [-0.15, -0.1) is 0 Å². The van der Waals surface area contributed by atoms with Crippen LogP contribution in [0.1, 0.15) is 10.4 Å². The zero-order valence-corrected chi connectivity index (χ0v) is 10.9. The third kappa shape index (κ3) is 2.95. The number of nitrogens with one attached hydrogen (secondary N) is 1. The Hall–Kier alpha value is -1.41. The van der Waals surface area contributed by atoms with Crippen molar-refractivity contribution in [1.82, 2.24) is 9.88 Å². The van der Waals surface area contributed by atoms with Crippen LogP contribution < -0.4 is 11.3 Å². The van der Waals surface area contributed by atoms with E-state index >= 15 is 0 Å². The van der Waals surface area contributed by atoms with Crippen molar-refractivity contribution in [2.45, 2.75) is 6.04 Å². The molecule has 1 aromatic heterocycles. The molecule has 0 saturated carbocycles. The second kappa shape index (κ2) is 6.16. The lowest BCUT2D eigenvalue weighted by atomic mass is 10.2. The van der Waals surface area contributed by atoms with Crippen LogP contribution in [0.25, 0.3) is 0 Å². The number of amides is 1. The van der Waals surface area contributed by atoms with E-state index in [0.717, 1.165) is 0 Å². The summed E-state index contributed by atoms with van der Waals surface area (Å²) in [6.07, 6.45) is 1.40. The zero-order chi connectivity index (χ0) is 13.8. The van der Waals surface area contributed by atoms with Crippen LogP contribution in [0, 0.1) is 0 Å². The number of hydrazine groups is 1. The summed E-state index contributed by atoms with van der Waals surface area (Å²) in [5.74, 6) is 5.29. The Balaban J connectivity index is 2.20. The lowest BCUT2D eigenvalue weighted by molar-refractivity contribution is -0.0184. The Labute approximate surface area is 115 Å². The molecule has 1 aliphatic rings. The van der Waals surface area contributed by atoms with Gasteiger partial charge in [0.15, 0.2) is 5.82 Å². The second-order valence-electron chi connectivity index (χ2n) is 4.11. The first-order valence-electron chi connectivity index (χ1n) is 5.79. The van der Waals surface area contributed by atoms with Crippen LogP contribution in [0.5, 0.6) is 0 Å². The molecule has 104 valence electrons. The molecule has 1 atom stereocenters. The number of morpholine rings is 1. The van der Waals surface area contributed by atoms with E-state index in [1.807, 2.05) is 0 Å². The number of ether oxygens (including phenoxy) is 1. The molecular formula is C11H15ClN4O3. The molecule has 0 spiro atoms. The van der Waals surface area contributed by atoms with Gasteiger partial charge in [-0.25, -0.2) is 10.8 Å². The number of nitrogen functional groups attached to an aromatic ring is 1. The van der Waals surface area contributed by atoms with Crippen LogP contribution in [-0.4, -0.2) is 53.3 Å². The van der Waals surface area contributed by atoms with Gasteiger partial charge < -0.3 is 20.2 Å². The molecule has 1 amide bonds. The fourth-order valence-electron chi connectivity index (χ4n) is 1.90. The SMILES string of the molecule is NNc1ncc(C(=O)N2CCOCC2CO)cc1Cl. The molecule has 0 aliphatic carbocycles. The maximum atomic E-state index is 12.3. The van der Waals surface area contributed by atoms with E-state index in [-0.39, 0.29) is 23.6 Å². The van der Waals surface area contributed by atoms with E-state index < -0.39 is 0 Å². The lowest BCUT2D eigenvalue weighted by Gasteiger charge is -2.34. The molecule has 7 nitrogen and oxygen atoms in total. The maximum absolute atomic E-state index is 12.3. The predicted molar refractivity (Wildman–Crippen MR) is 69.8 cm³/mol. The van der Waals surface area contributed by atoms with Gasteiger partial charge in [-0.2, -0.15) is 0 Å². The number of aliphatic hydroxyl groups is 1. The van der Waals surface area contributed by atoms with Gasteiger partial charge in [0.2, 0.25) is 0 Å². The monoisotopic (exact) mass is 286 g/mol. The van der Waals surface area contributed by atoms with Crippen LogP contribution in [0.4, 0.5) is 5.82 Å². The fraction of sp³-hybridized carbons (Fsp3) is 0.455. The summed E-state index contributed by atoms with van der Waals surface area (Å²) < 4.78 is 5.23. The smallest absolute Gasteiger partial charge is 0.255 e. The summed E-state index contributed by atoms with van der Waals surface area (Å²) in [6, 6.07) is 1.16. The lowest BCUT2D eigenvalue weighted by Crippen LogP contribution is -2.50. The van der Waals surface area contributed by atoms with Crippen LogP contribution in [0.15, 0.2) is 12.3 Å². The van der Waals surface area contributed by atoms with E-state index in [1.165, 1.54) is 12.3 Å². The molecule has 2 heterocycles. The third-order valence-corrected chi connectivity index (χ3v) is 3.21. The van der Waals surface area contributed by atoms with Crippen LogP contribution in [-0.2, 0) is 4.74 Å². The van der Waals surface area contributed by atoms with Crippen molar-refractivity contribution < 1.29 is 14.6 Å². The summed E-state index contributed by atoms with van der Waals surface area (Å²) in [7, 11) is 0. The number of nitrogens with zero attached hydrogens (tertiary/aromatic N) is 2. The molecule has 2 rings (SSSR count). The highest BCUT2D eigenvalue weighted by molar-refractivity contribution is 6.33. The first-order chi connectivity index (χ1) is 9.17. The number of hydrogen-bond acceptors (Lipinski definition) is 6. The first-order valence-corrected chi connectivity index (χ1v) is 6.17. The van der Waals surface area contributed by atoms with E-state index in [1.54, 1.807) is 4.90 Å². The van der Waals surface area contributed by atoms with E-state index in [9.17, 15) is 9.90 Å². The Morgan fingerprint density at radius 2 is 2.53 bits per heavy atom. The molecule has 0 bridgehead atoms. The van der Waals surface area contributed by atoms with Gasteiger partial charge >= 0.3 is 0 Å².